The fraction of sp³-hybridized carbons (Fsp3) is 0.238. The second-order valence-electron chi connectivity index (χ2n) is 6.12. The molecule has 0 amide bonds. The lowest BCUT2D eigenvalue weighted by atomic mass is 9.96. The molecule has 146 valence electrons. The average Bonchev–Trinajstić information content (AvgIpc) is 2.67. The summed E-state index contributed by atoms with van der Waals surface area (Å²) in [5.41, 5.74) is 0.817. The van der Waals surface area contributed by atoms with Crippen molar-refractivity contribution in [2.24, 2.45) is 0 Å². The molecule has 3 rings (SSSR count). The summed E-state index contributed by atoms with van der Waals surface area (Å²) in [6.45, 7) is 3.82. The molecule has 0 N–H and O–H groups in total. The Kier molecular flexibility index (Phi) is 5.27. The molecule has 0 bridgehead atoms. The van der Waals surface area contributed by atoms with Gasteiger partial charge in [0.2, 0.25) is 0 Å². The van der Waals surface area contributed by atoms with Crippen molar-refractivity contribution in [3.63, 3.8) is 0 Å². The number of nitrogens with zero attached hydrogens (tertiary/aromatic N) is 1. The Morgan fingerprint density at radius 2 is 1.86 bits per heavy atom. The van der Waals surface area contributed by atoms with Crippen LogP contribution in [0.25, 0.3) is 22.2 Å². The molecule has 3 aromatic rings. The van der Waals surface area contributed by atoms with Crippen LogP contribution >= 0.6 is 0 Å². The molecule has 0 unspecified atom stereocenters. The Labute approximate surface area is 159 Å². The van der Waals surface area contributed by atoms with Gasteiger partial charge in [-0.2, -0.15) is 13.2 Å². The van der Waals surface area contributed by atoms with Crippen molar-refractivity contribution < 1.29 is 27.4 Å². The first-order chi connectivity index (χ1) is 13.3. The van der Waals surface area contributed by atoms with Gasteiger partial charge < -0.3 is 9.47 Å². The van der Waals surface area contributed by atoms with E-state index in [1.54, 1.807) is 25.1 Å². The van der Waals surface area contributed by atoms with E-state index in [1.165, 1.54) is 19.2 Å². The fourth-order valence-electron chi connectivity index (χ4n) is 3.12. The van der Waals surface area contributed by atoms with Gasteiger partial charge in [-0.3, -0.25) is 0 Å². The monoisotopic (exact) mass is 389 g/mol. The number of methoxy groups -OCH3 is 1. The van der Waals surface area contributed by atoms with Gasteiger partial charge in [-0.05, 0) is 37.6 Å². The largest absolute Gasteiger partial charge is 0.492 e. The average molecular weight is 389 g/mol. The Bertz CT molecular complexity index is 1040. The number of para-hydroxylation sites is 1. The summed E-state index contributed by atoms with van der Waals surface area (Å²) < 4.78 is 50.0. The highest BCUT2D eigenvalue weighted by Crippen LogP contribution is 2.36. The minimum atomic E-state index is -4.48. The van der Waals surface area contributed by atoms with Gasteiger partial charge in [0.25, 0.3) is 0 Å². The number of carbonyl (C=O) groups is 1. The maximum atomic E-state index is 13.1. The van der Waals surface area contributed by atoms with Gasteiger partial charge in [0, 0.05) is 10.9 Å². The first-order valence-corrected chi connectivity index (χ1v) is 8.60. The second-order valence-corrected chi connectivity index (χ2v) is 6.12. The van der Waals surface area contributed by atoms with E-state index in [0.717, 1.165) is 12.1 Å². The Morgan fingerprint density at radius 1 is 1.14 bits per heavy atom. The molecule has 28 heavy (non-hydrogen) atoms. The molecule has 0 aliphatic heterocycles. The molecular formula is C21H18F3NO3. The third-order valence-electron chi connectivity index (χ3n) is 4.37. The van der Waals surface area contributed by atoms with Crippen LogP contribution in [-0.2, 0) is 10.9 Å². The van der Waals surface area contributed by atoms with Crippen LogP contribution in [0.5, 0.6) is 5.75 Å². The van der Waals surface area contributed by atoms with Crippen molar-refractivity contribution in [1.82, 2.24) is 4.98 Å². The third-order valence-corrected chi connectivity index (χ3v) is 4.37. The molecule has 0 saturated carbocycles. The smallest absolute Gasteiger partial charge is 0.416 e. The molecule has 0 fully saturated rings. The number of rotatable bonds is 4. The number of ether oxygens (including phenoxy) is 2. The highest BCUT2D eigenvalue weighted by atomic mass is 19.4. The standard InChI is InChI=1S/C21H18F3NO3/c1-4-28-16-10-6-9-15-17(20(26)27-3)12(2)18(25-19(15)16)13-7-5-8-14(11-13)21(22,23)24/h5-11H,4H2,1-3H3. The predicted octanol–water partition coefficient (Wildman–Crippen LogP) is 5.41. The van der Waals surface area contributed by atoms with E-state index in [1.807, 2.05) is 6.92 Å². The van der Waals surface area contributed by atoms with E-state index < -0.39 is 17.7 Å². The molecular weight excluding hydrogens is 371 g/mol. The summed E-state index contributed by atoms with van der Waals surface area (Å²) in [7, 11) is 1.25. The van der Waals surface area contributed by atoms with Crippen molar-refractivity contribution in [1.29, 1.82) is 0 Å². The quantitative estimate of drug-likeness (QED) is 0.560. The number of alkyl halides is 3. The molecule has 0 aliphatic rings. The summed E-state index contributed by atoms with van der Waals surface area (Å²) in [5, 5.41) is 0.519. The van der Waals surface area contributed by atoms with E-state index >= 15 is 0 Å². The van der Waals surface area contributed by atoms with Crippen molar-refractivity contribution in [2.75, 3.05) is 13.7 Å². The zero-order valence-electron chi connectivity index (χ0n) is 15.6. The van der Waals surface area contributed by atoms with Crippen LogP contribution in [0.1, 0.15) is 28.4 Å². The van der Waals surface area contributed by atoms with Gasteiger partial charge in [0.1, 0.15) is 11.3 Å². The third kappa shape index (κ3) is 3.52. The zero-order valence-corrected chi connectivity index (χ0v) is 15.6. The first-order valence-electron chi connectivity index (χ1n) is 8.60. The molecule has 0 radical (unpaired) electrons. The number of pyridine rings is 1. The first kappa shape index (κ1) is 19.7. The molecule has 0 saturated heterocycles. The van der Waals surface area contributed by atoms with Gasteiger partial charge >= 0.3 is 12.1 Å². The van der Waals surface area contributed by atoms with E-state index in [2.05, 4.69) is 4.98 Å². The summed E-state index contributed by atoms with van der Waals surface area (Å²) >= 11 is 0. The molecule has 1 aromatic heterocycles. The van der Waals surface area contributed by atoms with Crippen molar-refractivity contribution in [2.45, 2.75) is 20.0 Å². The van der Waals surface area contributed by atoms with Crippen LogP contribution < -0.4 is 4.74 Å². The fourth-order valence-corrected chi connectivity index (χ4v) is 3.12. The molecule has 0 aliphatic carbocycles. The lowest BCUT2D eigenvalue weighted by molar-refractivity contribution is -0.137. The van der Waals surface area contributed by atoms with Crippen LogP contribution in [0.3, 0.4) is 0 Å². The Hall–Kier alpha value is -3.09. The van der Waals surface area contributed by atoms with E-state index in [0.29, 0.717) is 28.8 Å². The summed E-state index contributed by atoms with van der Waals surface area (Å²) in [6, 6.07) is 9.99. The van der Waals surface area contributed by atoms with Crippen LogP contribution in [0, 0.1) is 6.92 Å². The van der Waals surface area contributed by atoms with Gasteiger partial charge in [0.15, 0.2) is 0 Å². The maximum absolute atomic E-state index is 13.1. The predicted molar refractivity (Wildman–Crippen MR) is 99.4 cm³/mol. The summed E-state index contributed by atoms with van der Waals surface area (Å²) in [5.74, 6) is -0.148. The Morgan fingerprint density at radius 3 is 2.50 bits per heavy atom. The van der Waals surface area contributed by atoms with Crippen molar-refractivity contribution in [3.05, 3.63) is 59.2 Å². The van der Waals surface area contributed by atoms with E-state index in [-0.39, 0.29) is 16.8 Å². The molecule has 0 spiro atoms. The van der Waals surface area contributed by atoms with Crippen molar-refractivity contribution in [3.8, 4) is 17.0 Å². The van der Waals surface area contributed by atoms with E-state index in [9.17, 15) is 18.0 Å². The molecule has 4 nitrogen and oxygen atoms in total. The normalized spacial score (nSPS) is 11.5. The Balaban J connectivity index is 2.36. The van der Waals surface area contributed by atoms with Crippen molar-refractivity contribution >= 4 is 16.9 Å². The molecule has 7 heteroatoms. The molecule has 0 atom stereocenters. The summed E-state index contributed by atoms with van der Waals surface area (Å²) in [4.78, 5) is 17.0. The number of hydrogen-bond acceptors (Lipinski definition) is 4. The number of esters is 1. The maximum Gasteiger partial charge on any atom is 0.416 e. The molecule has 2 aromatic carbocycles. The topological polar surface area (TPSA) is 48.4 Å². The molecule has 1 heterocycles. The van der Waals surface area contributed by atoms with Crippen LogP contribution in [-0.4, -0.2) is 24.7 Å². The minimum Gasteiger partial charge on any atom is -0.492 e. The van der Waals surface area contributed by atoms with Gasteiger partial charge in [-0.15, -0.1) is 0 Å². The zero-order chi connectivity index (χ0) is 20.5. The minimum absolute atomic E-state index is 0.251. The number of halogens is 3. The van der Waals surface area contributed by atoms with Gasteiger partial charge in [-0.25, -0.2) is 9.78 Å². The number of aromatic nitrogens is 1. The lowest BCUT2D eigenvalue weighted by Gasteiger charge is -2.16. The second kappa shape index (κ2) is 7.50. The van der Waals surface area contributed by atoms with E-state index in [4.69, 9.17) is 9.47 Å². The highest BCUT2D eigenvalue weighted by molar-refractivity contribution is 6.07. The highest BCUT2D eigenvalue weighted by Gasteiger charge is 2.31. The van der Waals surface area contributed by atoms with Crippen LogP contribution in [0.4, 0.5) is 13.2 Å². The van der Waals surface area contributed by atoms with Crippen LogP contribution in [0.2, 0.25) is 0 Å². The number of hydrogen-bond donors (Lipinski definition) is 0. The van der Waals surface area contributed by atoms with Gasteiger partial charge in [-0.1, -0.05) is 24.3 Å². The van der Waals surface area contributed by atoms with Crippen LogP contribution in [0.15, 0.2) is 42.5 Å². The summed E-state index contributed by atoms with van der Waals surface area (Å²) in [6.07, 6.45) is -4.48. The lowest BCUT2D eigenvalue weighted by Crippen LogP contribution is -2.09. The number of carbonyl (C=O) groups excluding carboxylic acids is 1. The number of benzene rings is 2. The number of fused-ring (bicyclic) bond motifs is 1. The SMILES string of the molecule is CCOc1cccc2c(C(=O)OC)c(C)c(-c3cccc(C(F)(F)F)c3)nc12. The van der Waals surface area contributed by atoms with Gasteiger partial charge in [0.05, 0.1) is 30.5 Å².